The van der Waals surface area contributed by atoms with Crippen molar-refractivity contribution in [1.29, 1.82) is 0 Å². The van der Waals surface area contributed by atoms with Crippen LogP contribution in [-0.4, -0.2) is 19.9 Å². The molecule has 5 nitrogen and oxygen atoms in total. The molecule has 0 amide bonds. The molecule has 0 atom stereocenters. The fourth-order valence-corrected chi connectivity index (χ4v) is 1.94. The molecule has 0 saturated carbocycles. The van der Waals surface area contributed by atoms with E-state index in [2.05, 4.69) is 15.2 Å². The van der Waals surface area contributed by atoms with Gasteiger partial charge in [0.05, 0.1) is 5.02 Å². The fraction of sp³-hybridized carbons (Fsp3) is 0.0833. The van der Waals surface area contributed by atoms with E-state index >= 15 is 0 Å². The molecule has 2 heterocycles. The maximum Gasteiger partial charge on any atom is 0.276 e. The molecule has 19 heavy (non-hydrogen) atoms. The zero-order valence-electron chi connectivity index (χ0n) is 9.84. The molecule has 0 N–H and O–H groups in total. The van der Waals surface area contributed by atoms with Gasteiger partial charge in [-0.05, 0) is 24.3 Å². The minimum Gasteiger partial charge on any atom is -0.332 e. The van der Waals surface area contributed by atoms with Gasteiger partial charge in [0, 0.05) is 18.8 Å². The normalized spacial score (nSPS) is 10.9. The van der Waals surface area contributed by atoms with Gasteiger partial charge in [-0.3, -0.25) is 4.68 Å². The predicted molar refractivity (Wildman–Crippen MR) is 66.9 cm³/mol. The summed E-state index contributed by atoms with van der Waals surface area (Å²) in [6.07, 6.45) is 1.63. The Morgan fingerprint density at radius 1 is 1.32 bits per heavy atom. The lowest BCUT2D eigenvalue weighted by molar-refractivity contribution is 0.428. The highest BCUT2D eigenvalue weighted by molar-refractivity contribution is 6.33. The molecule has 7 heteroatoms. The van der Waals surface area contributed by atoms with Crippen molar-refractivity contribution < 1.29 is 8.91 Å². The summed E-state index contributed by atoms with van der Waals surface area (Å²) in [5.74, 6) is 0.223. The highest BCUT2D eigenvalue weighted by atomic mass is 35.5. The van der Waals surface area contributed by atoms with Crippen molar-refractivity contribution >= 4 is 11.6 Å². The third kappa shape index (κ3) is 2.10. The van der Waals surface area contributed by atoms with Crippen LogP contribution in [0.1, 0.15) is 0 Å². The summed E-state index contributed by atoms with van der Waals surface area (Å²) in [6, 6.07) is 5.76. The molecule has 0 spiro atoms. The Balaban J connectivity index is 2.04. The molecule has 0 saturated heterocycles. The first-order valence-electron chi connectivity index (χ1n) is 5.42. The van der Waals surface area contributed by atoms with Crippen LogP contribution < -0.4 is 0 Å². The topological polar surface area (TPSA) is 56.7 Å². The monoisotopic (exact) mass is 278 g/mol. The van der Waals surface area contributed by atoms with E-state index in [4.69, 9.17) is 16.1 Å². The Morgan fingerprint density at radius 3 is 2.84 bits per heavy atom. The number of nitrogens with zero attached hydrogens (tertiary/aromatic N) is 4. The van der Waals surface area contributed by atoms with Crippen LogP contribution in [0.2, 0.25) is 5.02 Å². The summed E-state index contributed by atoms with van der Waals surface area (Å²) in [4.78, 5) is 4.23. The molecule has 2 aromatic heterocycles. The van der Waals surface area contributed by atoms with E-state index in [1.54, 1.807) is 24.0 Å². The largest absolute Gasteiger partial charge is 0.332 e. The number of rotatable bonds is 2. The third-order valence-electron chi connectivity index (χ3n) is 2.64. The summed E-state index contributed by atoms with van der Waals surface area (Å²) >= 11 is 5.95. The molecule has 1 aromatic carbocycles. The van der Waals surface area contributed by atoms with Gasteiger partial charge in [0.15, 0.2) is 0 Å². The van der Waals surface area contributed by atoms with Crippen LogP contribution in [-0.2, 0) is 7.05 Å². The first kappa shape index (κ1) is 11.9. The van der Waals surface area contributed by atoms with Gasteiger partial charge in [0.25, 0.3) is 5.89 Å². The van der Waals surface area contributed by atoms with Gasteiger partial charge in [0.1, 0.15) is 11.5 Å². The molecule has 0 unspecified atom stereocenters. The number of halogens is 2. The number of benzene rings is 1. The minimum absolute atomic E-state index is 0.234. The van der Waals surface area contributed by atoms with E-state index in [0.717, 1.165) is 0 Å². The summed E-state index contributed by atoms with van der Waals surface area (Å²) in [5, 5.41) is 8.09. The van der Waals surface area contributed by atoms with Crippen molar-refractivity contribution in [3.63, 3.8) is 0 Å². The highest BCUT2D eigenvalue weighted by Gasteiger charge is 2.15. The predicted octanol–water partition coefficient (Wildman–Crippen LogP) is 2.93. The summed E-state index contributed by atoms with van der Waals surface area (Å²) in [5.41, 5.74) is 1.21. The summed E-state index contributed by atoms with van der Waals surface area (Å²) < 4.78 is 19.8. The van der Waals surface area contributed by atoms with Crippen LogP contribution in [0.5, 0.6) is 0 Å². The second-order valence-corrected chi connectivity index (χ2v) is 4.29. The van der Waals surface area contributed by atoms with E-state index in [-0.39, 0.29) is 5.02 Å². The quantitative estimate of drug-likeness (QED) is 0.723. The van der Waals surface area contributed by atoms with Gasteiger partial charge in [-0.15, -0.1) is 0 Å². The molecule has 3 aromatic rings. The third-order valence-corrected chi connectivity index (χ3v) is 2.95. The average molecular weight is 279 g/mol. The van der Waals surface area contributed by atoms with Crippen molar-refractivity contribution in [3.05, 3.63) is 41.3 Å². The summed E-state index contributed by atoms with van der Waals surface area (Å²) in [7, 11) is 1.77. The molecule has 0 aliphatic heterocycles. The molecular weight excluding hydrogens is 271 g/mol. The van der Waals surface area contributed by atoms with Crippen LogP contribution >= 0.6 is 11.6 Å². The van der Waals surface area contributed by atoms with Gasteiger partial charge in [-0.1, -0.05) is 16.8 Å². The molecule has 0 bridgehead atoms. The number of aryl methyl sites for hydroxylation is 1. The van der Waals surface area contributed by atoms with Crippen molar-refractivity contribution in [1.82, 2.24) is 19.9 Å². The Morgan fingerprint density at radius 2 is 2.16 bits per heavy atom. The van der Waals surface area contributed by atoms with E-state index in [1.165, 1.54) is 18.2 Å². The van der Waals surface area contributed by atoms with E-state index < -0.39 is 5.82 Å². The average Bonchev–Trinajstić information content (AvgIpc) is 2.97. The molecule has 0 fully saturated rings. The van der Waals surface area contributed by atoms with Gasteiger partial charge >= 0.3 is 0 Å². The van der Waals surface area contributed by atoms with Gasteiger partial charge < -0.3 is 4.52 Å². The van der Waals surface area contributed by atoms with Crippen LogP contribution in [0.15, 0.2) is 35.0 Å². The highest BCUT2D eigenvalue weighted by Crippen LogP contribution is 2.28. The first-order chi connectivity index (χ1) is 9.15. The molecular formula is C12H8ClFN4O. The smallest absolute Gasteiger partial charge is 0.276 e. The van der Waals surface area contributed by atoms with Crippen LogP contribution in [0.3, 0.4) is 0 Å². The van der Waals surface area contributed by atoms with Gasteiger partial charge in [-0.2, -0.15) is 10.1 Å². The number of hydrogen-bond donors (Lipinski definition) is 0. The number of aromatic nitrogens is 4. The van der Waals surface area contributed by atoms with Crippen LogP contribution in [0.25, 0.3) is 23.0 Å². The van der Waals surface area contributed by atoms with E-state index in [0.29, 0.717) is 23.0 Å². The minimum atomic E-state index is -0.413. The molecule has 0 aliphatic rings. The zero-order valence-corrected chi connectivity index (χ0v) is 10.6. The molecule has 0 radical (unpaired) electrons. The maximum atomic E-state index is 13.0. The SMILES string of the molecule is Cn1nccc1-c1nc(-c2ccc(F)cc2Cl)no1. The number of hydrogen-bond acceptors (Lipinski definition) is 4. The Kier molecular flexibility index (Phi) is 2.79. The van der Waals surface area contributed by atoms with Crippen molar-refractivity contribution in [2.75, 3.05) is 0 Å². The van der Waals surface area contributed by atoms with E-state index in [1.807, 2.05) is 0 Å². The Bertz CT molecular complexity index is 737. The van der Waals surface area contributed by atoms with Crippen molar-refractivity contribution in [2.45, 2.75) is 0 Å². The zero-order chi connectivity index (χ0) is 13.4. The molecule has 96 valence electrons. The van der Waals surface area contributed by atoms with E-state index in [9.17, 15) is 4.39 Å². The first-order valence-corrected chi connectivity index (χ1v) is 5.80. The second kappa shape index (κ2) is 4.47. The Hall–Kier alpha value is -2.21. The molecule has 0 aliphatic carbocycles. The van der Waals surface area contributed by atoms with Crippen molar-refractivity contribution in [3.8, 4) is 23.0 Å². The lowest BCUT2D eigenvalue weighted by Gasteiger charge is -1.97. The summed E-state index contributed by atoms with van der Waals surface area (Å²) in [6.45, 7) is 0. The lowest BCUT2D eigenvalue weighted by Crippen LogP contribution is -1.93. The van der Waals surface area contributed by atoms with Crippen LogP contribution in [0.4, 0.5) is 4.39 Å². The second-order valence-electron chi connectivity index (χ2n) is 3.89. The lowest BCUT2D eigenvalue weighted by atomic mass is 10.2. The maximum absolute atomic E-state index is 13.0. The van der Waals surface area contributed by atoms with Crippen molar-refractivity contribution in [2.24, 2.45) is 7.05 Å². The van der Waals surface area contributed by atoms with Gasteiger partial charge in [0.2, 0.25) is 5.82 Å². The fourth-order valence-electron chi connectivity index (χ4n) is 1.69. The molecule has 3 rings (SSSR count). The standard InChI is InChI=1S/C12H8ClFN4O/c1-18-10(4-5-15-18)12-16-11(17-19-12)8-3-2-7(14)6-9(8)13/h2-6H,1H3. The van der Waals surface area contributed by atoms with Gasteiger partial charge in [-0.25, -0.2) is 4.39 Å². The Labute approximate surface area is 112 Å². The van der Waals surface area contributed by atoms with Crippen LogP contribution in [0, 0.1) is 5.82 Å².